The van der Waals surface area contributed by atoms with Crippen molar-refractivity contribution in [2.75, 3.05) is 20.2 Å². The van der Waals surface area contributed by atoms with Crippen LogP contribution in [0.1, 0.15) is 19.3 Å². The molecule has 0 aliphatic carbocycles. The highest BCUT2D eigenvalue weighted by atomic mass is 32.2. The zero-order valence-electron chi connectivity index (χ0n) is 13.2. The Morgan fingerprint density at radius 2 is 2.00 bits per heavy atom. The van der Waals surface area contributed by atoms with Gasteiger partial charge in [-0.05, 0) is 25.0 Å². The van der Waals surface area contributed by atoms with E-state index in [0.717, 1.165) is 12.8 Å². The molecule has 0 unspecified atom stereocenters. The van der Waals surface area contributed by atoms with Gasteiger partial charge < -0.3 is 9.15 Å². The van der Waals surface area contributed by atoms with Crippen molar-refractivity contribution in [3.05, 3.63) is 28.7 Å². The first-order valence-electron chi connectivity index (χ1n) is 7.64. The average Bonchev–Trinajstić information content (AvgIpc) is 3.19. The summed E-state index contributed by atoms with van der Waals surface area (Å²) in [5.41, 5.74) is 0.634. The van der Waals surface area contributed by atoms with Gasteiger partial charge in [-0.1, -0.05) is 0 Å². The Balaban J connectivity index is 1.95. The van der Waals surface area contributed by atoms with Gasteiger partial charge >= 0.3 is 11.7 Å². The Morgan fingerprint density at radius 1 is 1.29 bits per heavy atom. The number of hydrogen-bond acceptors (Lipinski definition) is 6. The molecule has 0 N–H and O–H groups in total. The molecule has 9 heteroatoms. The summed E-state index contributed by atoms with van der Waals surface area (Å²) in [4.78, 5) is 23.3. The first kappa shape index (κ1) is 16.7. The summed E-state index contributed by atoms with van der Waals surface area (Å²) >= 11 is 0. The Kier molecular flexibility index (Phi) is 4.46. The van der Waals surface area contributed by atoms with E-state index in [1.54, 1.807) is 0 Å². The maximum absolute atomic E-state index is 12.6. The van der Waals surface area contributed by atoms with E-state index in [2.05, 4.69) is 4.74 Å². The fourth-order valence-electron chi connectivity index (χ4n) is 2.80. The van der Waals surface area contributed by atoms with Gasteiger partial charge in [-0.15, -0.1) is 0 Å². The molecule has 0 atom stereocenters. The number of sulfonamides is 1. The fourth-order valence-corrected chi connectivity index (χ4v) is 4.33. The predicted octanol–water partition coefficient (Wildman–Crippen LogP) is 0.942. The lowest BCUT2D eigenvalue weighted by atomic mass is 10.3. The first-order valence-corrected chi connectivity index (χ1v) is 9.08. The summed E-state index contributed by atoms with van der Waals surface area (Å²) in [6, 6.07) is 4.35. The van der Waals surface area contributed by atoms with E-state index in [0.29, 0.717) is 18.6 Å². The molecular formula is C15H18N2O6S. The molecule has 1 saturated heterocycles. The Morgan fingerprint density at radius 3 is 2.67 bits per heavy atom. The molecule has 1 aliphatic rings. The number of methoxy groups -OCH3 is 1. The Bertz CT molecular complexity index is 921. The number of carbonyl (C=O) groups is 1. The molecule has 3 rings (SSSR count). The van der Waals surface area contributed by atoms with Crippen LogP contribution in [0.4, 0.5) is 0 Å². The third kappa shape index (κ3) is 2.96. The van der Waals surface area contributed by atoms with Gasteiger partial charge in [-0.25, -0.2) is 13.2 Å². The molecule has 130 valence electrons. The van der Waals surface area contributed by atoms with Crippen molar-refractivity contribution in [1.29, 1.82) is 0 Å². The van der Waals surface area contributed by atoms with Crippen LogP contribution in [-0.4, -0.2) is 43.5 Å². The number of rotatable bonds is 5. The zero-order valence-corrected chi connectivity index (χ0v) is 14.0. The quantitative estimate of drug-likeness (QED) is 0.741. The highest BCUT2D eigenvalue weighted by Crippen LogP contribution is 2.24. The van der Waals surface area contributed by atoms with Crippen LogP contribution in [0.5, 0.6) is 0 Å². The number of oxazole rings is 1. The molecule has 0 radical (unpaired) electrons. The molecule has 2 aromatic rings. The van der Waals surface area contributed by atoms with Crippen LogP contribution in [0.3, 0.4) is 0 Å². The van der Waals surface area contributed by atoms with Gasteiger partial charge in [0.15, 0.2) is 5.58 Å². The summed E-state index contributed by atoms with van der Waals surface area (Å²) < 4.78 is 37.5. The third-order valence-electron chi connectivity index (χ3n) is 4.11. The van der Waals surface area contributed by atoms with Crippen molar-refractivity contribution in [2.24, 2.45) is 0 Å². The first-order chi connectivity index (χ1) is 11.4. The summed E-state index contributed by atoms with van der Waals surface area (Å²) in [6.45, 7) is 1.12. The maximum Gasteiger partial charge on any atom is 0.419 e. The number of hydrogen-bond donors (Lipinski definition) is 0. The Hall–Kier alpha value is -2.13. The normalized spacial score (nSPS) is 15.9. The van der Waals surface area contributed by atoms with Gasteiger partial charge in [0.2, 0.25) is 10.0 Å². The monoisotopic (exact) mass is 354 g/mol. The smallest absolute Gasteiger partial charge is 0.419 e. The summed E-state index contributed by atoms with van der Waals surface area (Å²) in [5.74, 6) is -1.07. The lowest BCUT2D eigenvalue weighted by Crippen LogP contribution is -2.27. The second-order valence-electron chi connectivity index (χ2n) is 5.59. The van der Waals surface area contributed by atoms with Gasteiger partial charge in [0.05, 0.1) is 23.9 Å². The minimum atomic E-state index is -3.58. The van der Waals surface area contributed by atoms with E-state index in [4.69, 9.17) is 4.42 Å². The fraction of sp³-hybridized carbons (Fsp3) is 0.467. The van der Waals surface area contributed by atoms with Gasteiger partial charge in [0.1, 0.15) is 0 Å². The van der Waals surface area contributed by atoms with Crippen LogP contribution in [0.15, 0.2) is 32.3 Å². The molecule has 0 bridgehead atoms. The summed E-state index contributed by atoms with van der Waals surface area (Å²) in [6.07, 6.45) is 1.72. The number of aromatic nitrogens is 1. The van der Waals surface area contributed by atoms with E-state index < -0.39 is 21.7 Å². The third-order valence-corrected chi connectivity index (χ3v) is 6.00. The minimum absolute atomic E-state index is 0.0267. The lowest BCUT2D eigenvalue weighted by molar-refractivity contribution is -0.140. The molecule has 8 nitrogen and oxygen atoms in total. The SMILES string of the molecule is COC(=O)CCn1c(=O)oc2cc(S(=O)(=O)N3CCCC3)ccc21. The van der Waals surface area contributed by atoms with Crippen molar-refractivity contribution >= 4 is 27.1 Å². The maximum atomic E-state index is 12.6. The molecule has 2 heterocycles. The van der Waals surface area contributed by atoms with Crippen molar-refractivity contribution in [1.82, 2.24) is 8.87 Å². The van der Waals surface area contributed by atoms with Crippen molar-refractivity contribution in [3.8, 4) is 0 Å². The summed E-state index contributed by atoms with van der Waals surface area (Å²) in [7, 11) is -2.30. The van der Waals surface area contributed by atoms with E-state index in [1.807, 2.05) is 0 Å². The number of nitrogens with zero attached hydrogens (tertiary/aromatic N) is 2. The number of carbonyl (C=O) groups excluding carboxylic acids is 1. The lowest BCUT2D eigenvalue weighted by Gasteiger charge is -2.15. The highest BCUT2D eigenvalue weighted by Gasteiger charge is 2.28. The van der Waals surface area contributed by atoms with Crippen LogP contribution in [0.25, 0.3) is 11.1 Å². The van der Waals surface area contributed by atoms with Crippen LogP contribution < -0.4 is 5.76 Å². The van der Waals surface area contributed by atoms with E-state index in [-0.39, 0.29) is 23.4 Å². The highest BCUT2D eigenvalue weighted by molar-refractivity contribution is 7.89. The van der Waals surface area contributed by atoms with Crippen molar-refractivity contribution < 1.29 is 22.4 Å². The Labute approximate surface area is 138 Å². The summed E-state index contributed by atoms with van der Waals surface area (Å²) in [5, 5.41) is 0. The van der Waals surface area contributed by atoms with Gasteiger partial charge in [0, 0.05) is 25.7 Å². The molecule has 1 aromatic heterocycles. The van der Waals surface area contributed by atoms with Crippen LogP contribution in [0.2, 0.25) is 0 Å². The van der Waals surface area contributed by atoms with Crippen LogP contribution in [0, 0.1) is 0 Å². The average molecular weight is 354 g/mol. The molecule has 0 saturated carbocycles. The second kappa shape index (κ2) is 6.40. The van der Waals surface area contributed by atoms with Gasteiger partial charge in [-0.2, -0.15) is 4.31 Å². The molecule has 1 aliphatic heterocycles. The number of esters is 1. The topological polar surface area (TPSA) is 98.8 Å². The molecule has 0 amide bonds. The van der Waals surface area contributed by atoms with E-state index >= 15 is 0 Å². The number of fused-ring (bicyclic) bond motifs is 1. The molecule has 1 aromatic carbocycles. The number of benzene rings is 1. The predicted molar refractivity (Wildman–Crippen MR) is 85.1 cm³/mol. The van der Waals surface area contributed by atoms with Crippen LogP contribution in [-0.2, 0) is 26.1 Å². The zero-order chi connectivity index (χ0) is 17.3. The van der Waals surface area contributed by atoms with Crippen molar-refractivity contribution in [2.45, 2.75) is 30.7 Å². The van der Waals surface area contributed by atoms with E-state index in [9.17, 15) is 18.0 Å². The molecule has 1 fully saturated rings. The van der Waals surface area contributed by atoms with Gasteiger partial charge in [0.25, 0.3) is 0 Å². The molecule has 24 heavy (non-hydrogen) atoms. The van der Waals surface area contributed by atoms with Crippen molar-refractivity contribution in [3.63, 3.8) is 0 Å². The molecule has 0 spiro atoms. The van der Waals surface area contributed by atoms with E-state index in [1.165, 1.54) is 34.2 Å². The number of ether oxygens (including phenoxy) is 1. The standard InChI is InChI=1S/C15H18N2O6S/c1-22-14(18)6-9-17-12-5-4-11(10-13(12)23-15(17)19)24(20,21)16-7-2-3-8-16/h4-5,10H,2-3,6-9H2,1H3. The number of aryl methyl sites for hydroxylation is 1. The van der Waals surface area contributed by atoms with Crippen LogP contribution >= 0.6 is 0 Å². The minimum Gasteiger partial charge on any atom is -0.469 e. The largest absolute Gasteiger partial charge is 0.469 e. The molecular weight excluding hydrogens is 336 g/mol. The van der Waals surface area contributed by atoms with Gasteiger partial charge in [-0.3, -0.25) is 9.36 Å². The second-order valence-corrected chi connectivity index (χ2v) is 7.52.